The lowest BCUT2D eigenvalue weighted by Gasteiger charge is -2.11. The SMILES string of the molecule is C#CCNC(=O)c1cc(S(=O)(=O)Nc2cccc(C)c2)ccc1Cl. The molecule has 2 N–H and O–H groups in total. The molecule has 2 aromatic carbocycles. The number of nitrogens with one attached hydrogen (secondary N) is 2. The summed E-state index contributed by atoms with van der Waals surface area (Å²) < 4.78 is 27.5. The van der Waals surface area contributed by atoms with Crippen molar-refractivity contribution in [2.45, 2.75) is 11.8 Å². The van der Waals surface area contributed by atoms with Crippen molar-refractivity contribution in [2.24, 2.45) is 0 Å². The molecule has 0 aliphatic rings. The van der Waals surface area contributed by atoms with E-state index in [1.807, 2.05) is 13.0 Å². The summed E-state index contributed by atoms with van der Waals surface area (Å²) in [7, 11) is -3.85. The summed E-state index contributed by atoms with van der Waals surface area (Å²) in [5, 5.41) is 2.59. The number of halogens is 1. The van der Waals surface area contributed by atoms with Crippen LogP contribution in [0.15, 0.2) is 47.4 Å². The Hall–Kier alpha value is -2.49. The van der Waals surface area contributed by atoms with E-state index in [0.717, 1.165) is 5.56 Å². The number of carbonyl (C=O) groups is 1. The van der Waals surface area contributed by atoms with Crippen LogP contribution in [0, 0.1) is 19.3 Å². The highest BCUT2D eigenvalue weighted by molar-refractivity contribution is 7.92. The first-order chi connectivity index (χ1) is 11.3. The quantitative estimate of drug-likeness (QED) is 0.803. The number of aryl methyl sites for hydroxylation is 1. The number of amides is 1. The molecule has 5 nitrogen and oxygen atoms in total. The van der Waals surface area contributed by atoms with Crippen molar-refractivity contribution in [3.8, 4) is 12.3 Å². The Bertz CT molecular complexity index is 918. The van der Waals surface area contributed by atoms with Crippen molar-refractivity contribution >= 4 is 33.2 Å². The topological polar surface area (TPSA) is 75.3 Å². The van der Waals surface area contributed by atoms with Gasteiger partial charge >= 0.3 is 0 Å². The highest BCUT2D eigenvalue weighted by Gasteiger charge is 2.18. The van der Waals surface area contributed by atoms with E-state index in [9.17, 15) is 13.2 Å². The van der Waals surface area contributed by atoms with Gasteiger partial charge in [-0.3, -0.25) is 9.52 Å². The van der Waals surface area contributed by atoms with Gasteiger partial charge < -0.3 is 5.32 Å². The molecule has 0 aliphatic heterocycles. The van der Waals surface area contributed by atoms with Crippen LogP contribution in [0.3, 0.4) is 0 Å². The first kappa shape index (κ1) is 17.9. The molecule has 0 atom stereocenters. The van der Waals surface area contributed by atoms with Crippen molar-refractivity contribution < 1.29 is 13.2 Å². The van der Waals surface area contributed by atoms with E-state index in [1.54, 1.807) is 18.2 Å². The number of benzene rings is 2. The Morgan fingerprint density at radius 3 is 2.67 bits per heavy atom. The molecule has 2 aromatic rings. The maximum absolute atomic E-state index is 12.5. The molecule has 0 saturated carbocycles. The second kappa shape index (κ2) is 7.39. The molecule has 0 saturated heterocycles. The number of rotatable bonds is 5. The van der Waals surface area contributed by atoms with E-state index in [-0.39, 0.29) is 22.0 Å². The molecule has 7 heteroatoms. The number of terminal acetylenes is 1. The predicted octanol–water partition coefficient (Wildman–Crippen LogP) is 2.81. The van der Waals surface area contributed by atoms with Gasteiger partial charge in [0.1, 0.15) is 0 Å². The van der Waals surface area contributed by atoms with Crippen LogP contribution < -0.4 is 10.0 Å². The molecular weight excluding hydrogens is 348 g/mol. The van der Waals surface area contributed by atoms with E-state index in [2.05, 4.69) is 16.0 Å². The average molecular weight is 363 g/mol. The molecule has 0 spiro atoms. The van der Waals surface area contributed by atoms with Crippen LogP contribution in [-0.2, 0) is 10.0 Å². The number of hydrogen-bond donors (Lipinski definition) is 2. The summed E-state index contributed by atoms with van der Waals surface area (Å²) in [6.45, 7) is 1.88. The van der Waals surface area contributed by atoms with Gasteiger partial charge in [0.2, 0.25) is 0 Å². The van der Waals surface area contributed by atoms with Gasteiger partial charge in [-0.15, -0.1) is 6.42 Å². The van der Waals surface area contributed by atoms with Gasteiger partial charge in [0.15, 0.2) is 0 Å². The van der Waals surface area contributed by atoms with Gasteiger partial charge in [0.05, 0.1) is 22.0 Å². The second-order valence-electron chi connectivity index (χ2n) is 5.00. The minimum Gasteiger partial charge on any atom is -0.341 e. The van der Waals surface area contributed by atoms with Crippen LogP contribution in [0.2, 0.25) is 5.02 Å². The van der Waals surface area contributed by atoms with Crippen LogP contribution in [-0.4, -0.2) is 20.9 Å². The maximum atomic E-state index is 12.5. The maximum Gasteiger partial charge on any atom is 0.261 e. The van der Waals surface area contributed by atoms with Crippen molar-refractivity contribution in [3.05, 3.63) is 58.6 Å². The molecule has 0 fully saturated rings. The fourth-order valence-electron chi connectivity index (χ4n) is 1.99. The first-order valence-corrected chi connectivity index (χ1v) is 8.80. The minimum absolute atomic E-state index is 0.0215. The third kappa shape index (κ3) is 4.28. The molecule has 0 aromatic heterocycles. The molecule has 0 bridgehead atoms. The number of anilines is 1. The van der Waals surface area contributed by atoms with E-state index in [0.29, 0.717) is 5.69 Å². The van der Waals surface area contributed by atoms with E-state index >= 15 is 0 Å². The van der Waals surface area contributed by atoms with E-state index < -0.39 is 15.9 Å². The summed E-state index contributed by atoms with van der Waals surface area (Å²) in [6, 6.07) is 10.8. The summed E-state index contributed by atoms with van der Waals surface area (Å²) in [4.78, 5) is 11.9. The molecule has 0 radical (unpaired) electrons. The normalized spacial score (nSPS) is 10.7. The zero-order valence-electron chi connectivity index (χ0n) is 12.8. The lowest BCUT2D eigenvalue weighted by Crippen LogP contribution is -2.24. The highest BCUT2D eigenvalue weighted by atomic mass is 35.5. The third-order valence-electron chi connectivity index (χ3n) is 3.11. The molecule has 0 unspecified atom stereocenters. The molecule has 0 heterocycles. The minimum atomic E-state index is -3.85. The van der Waals surface area contributed by atoms with Crippen LogP contribution in [0.1, 0.15) is 15.9 Å². The smallest absolute Gasteiger partial charge is 0.261 e. The Kier molecular flexibility index (Phi) is 5.50. The summed E-state index contributed by atoms with van der Waals surface area (Å²) in [5.74, 6) is 1.73. The van der Waals surface area contributed by atoms with Gasteiger partial charge in [-0.25, -0.2) is 8.42 Å². The average Bonchev–Trinajstić information content (AvgIpc) is 2.52. The van der Waals surface area contributed by atoms with Crippen LogP contribution in [0.25, 0.3) is 0 Å². The summed E-state index contributed by atoms with van der Waals surface area (Å²) >= 11 is 5.97. The molecule has 2 rings (SSSR count). The lowest BCUT2D eigenvalue weighted by molar-refractivity contribution is 0.0958. The van der Waals surface area contributed by atoms with Crippen LogP contribution in [0.5, 0.6) is 0 Å². The number of sulfonamides is 1. The third-order valence-corrected chi connectivity index (χ3v) is 4.82. The standard InChI is InChI=1S/C17H15ClN2O3S/c1-3-9-19-17(21)15-11-14(7-8-16(15)18)24(22,23)20-13-6-4-5-12(2)10-13/h1,4-8,10-11,20H,9H2,2H3,(H,19,21). The highest BCUT2D eigenvalue weighted by Crippen LogP contribution is 2.23. The van der Waals surface area contributed by atoms with Gasteiger partial charge in [-0.05, 0) is 42.8 Å². The molecule has 24 heavy (non-hydrogen) atoms. The van der Waals surface area contributed by atoms with Crippen LogP contribution >= 0.6 is 11.6 Å². The molecule has 124 valence electrons. The Balaban J connectivity index is 2.34. The molecule has 1 amide bonds. The van der Waals surface area contributed by atoms with Gasteiger partial charge in [0.25, 0.3) is 15.9 Å². The first-order valence-electron chi connectivity index (χ1n) is 6.94. The van der Waals surface area contributed by atoms with Crippen molar-refractivity contribution in [3.63, 3.8) is 0 Å². The monoisotopic (exact) mass is 362 g/mol. The zero-order chi connectivity index (χ0) is 17.7. The van der Waals surface area contributed by atoms with Crippen molar-refractivity contribution in [1.29, 1.82) is 0 Å². The largest absolute Gasteiger partial charge is 0.341 e. The van der Waals surface area contributed by atoms with Gasteiger partial charge in [0, 0.05) is 5.69 Å². The number of carbonyl (C=O) groups excluding carboxylic acids is 1. The number of hydrogen-bond acceptors (Lipinski definition) is 3. The van der Waals surface area contributed by atoms with Crippen molar-refractivity contribution in [2.75, 3.05) is 11.3 Å². The Morgan fingerprint density at radius 1 is 1.25 bits per heavy atom. The second-order valence-corrected chi connectivity index (χ2v) is 7.09. The Labute approximate surface area is 146 Å². The van der Waals surface area contributed by atoms with Gasteiger partial charge in [-0.1, -0.05) is 29.7 Å². The summed E-state index contributed by atoms with van der Waals surface area (Å²) in [6.07, 6.45) is 5.09. The van der Waals surface area contributed by atoms with Gasteiger partial charge in [-0.2, -0.15) is 0 Å². The van der Waals surface area contributed by atoms with Crippen molar-refractivity contribution in [1.82, 2.24) is 5.32 Å². The van der Waals surface area contributed by atoms with Crippen LogP contribution in [0.4, 0.5) is 5.69 Å². The lowest BCUT2D eigenvalue weighted by atomic mass is 10.2. The molecule has 0 aliphatic carbocycles. The zero-order valence-corrected chi connectivity index (χ0v) is 14.4. The fourth-order valence-corrected chi connectivity index (χ4v) is 3.27. The van der Waals surface area contributed by atoms with E-state index in [4.69, 9.17) is 18.0 Å². The predicted molar refractivity (Wildman–Crippen MR) is 94.6 cm³/mol. The summed E-state index contributed by atoms with van der Waals surface area (Å²) in [5.41, 5.74) is 1.39. The fraction of sp³-hybridized carbons (Fsp3) is 0.118. The molecular formula is C17H15ClN2O3S. The Morgan fingerprint density at radius 2 is 2.00 bits per heavy atom. The van der Waals surface area contributed by atoms with E-state index in [1.165, 1.54) is 18.2 Å².